The van der Waals surface area contributed by atoms with Gasteiger partial charge in [0.05, 0.1) is 19.8 Å². The molecule has 0 bridgehead atoms. The van der Waals surface area contributed by atoms with E-state index in [9.17, 15) is 4.79 Å². The summed E-state index contributed by atoms with van der Waals surface area (Å²) in [6.45, 7) is 11.8. The molecule has 2 amide bonds. The first-order chi connectivity index (χ1) is 14.3. The number of morpholine rings is 1. The lowest BCUT2D eigenvalue weighted by Crippen LogP contribution is -2.50. The molecule has 0 atom stereocenters. The van der Waals surface area contributed by atoms with E-state index in [1.54, 1.807) is 6.20 Å². The molecule has 2 aromatic rings. The zero-order chi connectivity index (χ0) is 21.6. The first-order valence-corrected chi connectivity index (χ1v) is 10.8. The van der Waals surface area contributed by atoms with Gasteiger partial charge in [0.1, 0.15) is 5.82 Å². The highest BCUT2D eigenvalue weighted by atomic mass is 35.5. The lowest BCUT2D eigenvalue weighted by Gasteiger charge is -2.32. The highest BCUT2D eigenvalue weighted by molar-refractivity contribution is 6.30. The third-order valence-corrected chi connectivity index (χ3v) is 5.17. The van der Waals surface area contributed by atoms with Gasteiger partial charge in [0.15, 0.2) is 0 Å². The number of halogens is 1. The van der Waals surface area contributed by atoms with E-state index in [4.69, 9.17) is 16.3 Å². The van der Waals surface area contributed by atoms with Crippen LogP contribution in [0.15, 0.2) is 36.7 Å². The minimum Gasteiger partial charge on any atom is -0.379 e. The second-order valence-electron chi connectivity index (χ2n) is 8.66. The number of carbonyl (C=O) groups excluding carboxylic acids is 1. The summed E-state index contributed by atoms with van der Waals surface area (Å²) in [5, 5.41) is 3.80. The van der Waals surface area contributed by atoms with Crippen LogP contribution in [0.25, 0.3) is 0 Å². The molecule has 164 valence electrons. The highest BCUT2D eigenvalue weighted by Gasteiger charge is 2.22. The molecule has 0 saturated carbocycles. The maximum Gasteiger partial charge on any atom is 0.318 e. The van der Waals surface area contributed by atoms with Crippen LogP contribution in [-0.4, -0.2) is 70.3 Å². The molecule has 7 nitrogen and oxygen atoms in total. The van der Waals surface area contributed by atoms with Gasteiger partial charge in [-0.05, 0) is 38.5 Å². The quantitative estimate of drug-likeness (QED) is 0.728. The fourth-order valence-corrected chi connectivity index (χ4v) is 3.59. The molecule has 0 unspecified atom stereocenters. The normalized spacial score (nSPS) is 15.2. The Kier molecular flexibility index (Phi) is 7.75. The summed E-state index contributed by atoms with van der Waals surface area (Å²) in [5.74, 6) is 0.848. The van der Waals surface area contributed by atoms with Crippen LogP contribution in [0.5, 0.6) is 0 Å². The number of nitrogens with zero attached hydrogens (tertiary/aromatic N) is 4. The molecular formula is C22H32ClN5O2. The fourth-order valence-electron chi connectivity index (χ4n) is 3.38. The van der Waals surface area contributed by atoms with E-state index in [0.717, 1.165) is 44.2 Å². The predicted octanol–water partition coefficient (Wildman–Crippen LogP) is 3.23. The van der Waals surface area contributed by atoms with Gasteiger partial charge in [-0.2, -0.15) is 0 Å². The van der Waals surface area contributed by atoms with E-state index in [2.05, 4.69) is 19.8 Å². The van der Waals surface area contributed by atoms with E-state index in [0.29, 0.717) is 24.7 Å². The molecule has 8 heteroatoms. The van der Waals surface area contributed by atoms with Crippen molar-refractivity contribution in [3.05, 3.63) is 53.1 Å². The van der Waals surface area contributed by atoms with Crippen LogP contribution in [0, 0.1) is 0 Å². The molecule has 3 rings (SSSR count). The van der Waals surface area contributed by atoms with Gasteiger partial charge in [0.2, 0.25) is 0 Å². The number of carbonyl (C=O) groups is 1. The molecule has 0 radical (unpaired) electrons. The molecule has 30 heavy (non-hydrogen) atoms. The highest BCUT2D eigenvalue weighted by Crippen LogP contribution is 2.14. The Labute approximate surface area is 184 Å². The lowest BCUT2D eigenvalue weighted by atomic mass is 10.1. The summed E-state index contributed by atoms with van der Waals surface area (Å²) in [7, 11) is 0. The van der Waals surface area contributed by atoms with Crippen LogP contribution in [0.2, 0.25) is 5.02 Å². The van der Waals surface area contributed by atoms with Gasteiger partial charge in [-0.1, -0.05) is 23.7 Å². The smallest absolute Gasteiger partial charge is 0.318 e. The van der Waals surface area contributed by atoms with Crippen molar-refractivity contribution in [2.75, 3.05) is 39.4 Å². The molecular weight excluding hydrogens is 402 g/mol. The van der Waals surface area contributed by atoms with Crippen LogP contribution in [-0.2, 0) is 17.8 Å². The topological polar surface area (TPSA) is 62.6 Å². The molecule has 1 N–H and O–H groups in total. The number of urea groups is 1. The third-order valence-electron chi connectivity index (χ3n) is 4.93. The van der Waals surface area contributed by atoms with E-state index < -0.39 is 0 Å². The van der Waals surface area contributed by atoms with Crippen LogP contribution < -0.4 is 5.32 Å². The van der Waals surface area contributed by atoms with E-state index in [-0.39, 0.29) is 11.6 Å². The second kappa shape index (κ2) is 10.3. The number of ether oxygens (including phenoxy) is 1. The van der Waals surface area contributed by atoms with Crippen molar-refractivity contribution in [1.29, 1.82) is 0 Å². The Bertz CT molecular complexity index is 827. The maximum absolute atomic E-state index is 13.0. The molecule has 2 heterocycles. The van der Waals surface area contributed by atoms with Crippen molar-refractivity contribution in [2.45, 2.75) is 39.4 Å². The molecule has 1 saturated heterocycles. The molecule has 1 aliphatic rings. The van der Waals surface area contributed by atoms with Gasteiger partial charge >= 0.3 is 6.03 Å². The van der Waals surface area contributed by atoms with Crippen LogP contribution in [0.3, 0.4) is 0 Å². The standard InChI is InChI=1S/C22H32ClN5O2/c1-22(2,3)25-21(29)28(10-9-26-11-13-30-14-12-26)17-20-24-7-8-27(20)16-18-5-4-6-19(23)15-18/h4-8,15H,9-14,16-17H2,1-3H3,(H,25,29). The van der Waals surface area contributed by atoms with Gasteiger partial charge in [0.25, 0.3) is 0 Å². The summed E-state index contributed by atoms with van der Waals surface area (Å²) in [6, 6.07) is 7.73. The zero-order valence-electron chi connectivity index (χ0n) is 18.1. The Hall–Kier alpha value is -2.09. The monoisotopic (exact) mass is 433 g/mol. The zero-order valence-corrected chi connectivity index (χ0v) is 18.9. The van der Waals surface area contributed by atoms with Gasteiger partial charge in [-0.15, -0.1) is 0 Å². The first kappa shape index (κ1) is 22.6. The Balaban J connectivity index is 1.70. The van der Waals surface area contributed by atoms with Crippen molar-refractivity contribution in [3.8, 4) is 0 Å². The number of imidazole rings is 1. The number of nitrogens with one attached hydrogen (secondary N) is 1. The van der Waals surface area contributed by atoms with Crippen LogP contribution in [0.4, 0.5) is 4.79 Å². The number of aromatic nitrogens is 2. The summed E-state index contributed by atoms with van der Waals surface area (Å²) in [5.41, 5.74) is 0.797. The van der Waals surface area contributed by atoms with Crippen molar-refractivity contribution in [1.82, 2.24) is 24.7 Å². The molecule has 1 aromatic heterocycles. The molecule has 1 fully saturated rings. The van der Waals surface area contributed by atoms with Gasteiger partial charge < -0.3 is 19.5 Å². The minimum atomic E-state index is -0.301. The third kappa shape index (κ3) is 7.00. The van der Waals surface area contributed by atoms with E-state index in [1.807, 2.05) is 56.1 Å². The van der Waals surface area contributed by atoms with Crippen molar-refractivity contribution < 1.29 is 9.53 Å². The summed E-state index contributed by atoms with van der Waals surface area (Å²) in [4.78, 5) is 21.7. The number of hydrogen-bond donors (Lipinski definition) is 1. The van der Waals surface area contributed by atoms with Crippen LogP contribution >= 0.6 is 11.6 Å². The SMILES string of the molecule is CC(C)(C)NC(=O)N(CCN1CCOCC1)Cc1nccn1Cc1cccc(Cl)c1. The lowest BCUT2D eigenvalue weighted by molar-refractivity contribution is 0.0344. The number of amides is 2. The minimum absolute atomic E-state index is 0.0759. The van der Waals surface area contributed by atoms with Gasteiger partial charge in [-0.3, -0.25) is 4.90 Å². The van der Waals surface area contributed by atoms with Crippen molar-refractivity contribution in [2.24, 2.45) is 0 Å². The largest absolute Gasteiger partial charge is 0.379 e. The number of benzene rings is 1. The molecule has 0 aliphatic carbocycles. The summed E-state index contributed by atoms with van der Waals surface area (Å²) >= 11 is 6.13. The summed E-state index contributed by atoms with van der Waals surface area (Å²) in [6.07, 6.45) is 3.72. The molecule has 1 aromatic carbocycles. The Morgan fingerprint density at radius 3 is 2.77 bits per heavy atom. The van der Waals surface area contributed by atoms with Gasteiger partial charge in [0, 0.05) is 55.7 Å². The predicted molar refractivity (Wildman–Crippen MR) is 119 cm³/mol. The Morgan fingerprint density at radius 1 is 1.30 bits per heavy atom. The van der Waals surface area contributed by atoms with Crippen molar-refractivity contribution >= 4 is 17.6 Å². The number of rotatable bonds is 7. The van der Waals surface area contributed by atoms with Gasteiger partial charge in [-0.25, -0.2) is 9.78 Å². The van der Waals surface area contributed by atoms with Crippen LogP contribution in [0.1, 0.15) is 32.2 Å². The summed E-state index contributed by atoms with van der Waals surface area (Å²) < 4.78 is 7.50. The maximum atomic E-state index is 13.0. The molecule has 1 aliphatic heterocycles. The molecule has 0 spiro atoms. The Morgan fingerprint density at radius 2 is 2.07 bits per heavy atom. The average molecular weight is 434 g/mol. The fraction of sp³-hybridized carbons (Fsp3) is 0.545. The number of hydrogen-bond acceptors (Lipinski definition) is 4. The second-order valence-corrected chi connectivity index (χ2v) is 9.09. The average Bonchev–Trinajstić information content (AvgIpc) is 3.11. The van der Waals surface area contributed by atoms with E-state index >= 15 is 0 Å². The van der Waals surface area contributed by atoms with E-state index in [1.165, 1.54) is 0 Å². The van der Waals surface area contributed by atoms with Crippen molar-refractivity contribution in [3.63, 3.8) is 0 Å². The first-order valence-electron chi connectivity index (χ1n) is 10.4.